The van der Waals surface area contributed by atoms with E-state index in [1.54, 1.807) is 14.1 Å². The predicted molar refractivity (Wildman–Crippen MR) is 69.9 cm³/mol. The fraction of sp³-hybridized carbons (Fsp3) is 0.462. The molecule has 0 radical (unpaired) electrons. The van der Waals surface area contributed by atoms with Crippen LogP contribution in [0, 0.1) is 0 Å². The minimum absolute atomic E-state index is 0.357. The van der Waals surface area contributed by atoms with Crippen molar-refractivity contribution in [3.63, 3.8) is 0 Å². The number of nitrogens with zero attached hydrogens (tertiary/aromatic N) is 2. The number of aryl methyl sites for hydroxylation is 1. The third kappa shape index (κ3) is 3.37. The molecule has 0 atom stereocenters. The van der Waals surface area contributed by atoms with E-state index >= 15 is 0 Å². The van der Waals surface area contributed by atoms with E-state index in [4.69, 9.17) is 4.74 Å². The van der Waals surface area contributed by atoms with Gasteiger partial charge in [0.1, 0.15) is 5.75 Å². The molecule has 0 N–H and O–H groups in total. The van der Waals surface area contributed by atoms with Crippen molar-refractivity contribution >= 4 is 11.8 Å². The lowest BCUT2D eigenvalue weighted by molar-refractivity contribution is 0.172. The number of anilines is 1. The first-order valence-corrected chi connectivity index (χ1v) is 5.65. The van der Waals surface area contributed by atoms with Gasteiger partial charge >= 0.3 is 6.09 Å². The van der Waals surface area contributed by atoms with Gasteiger partial charge in [-0.1, -0.05) is 6.92 Å². The number of benzene rings is 1. The Morgan fingerprint density at radius 1 is 1.24 bits per heavy atom. The first kappa shape index (κ1) is 13.4. The Kier molecular flexibility index (Phi) is 4.37. The summed E-state index contributed by atoms with van der Waals surface area (Å²) in [6, 6.07) is 5.70. The van der Waals surface area contributed by atoms with Crippen molar-refractivity contribution in [1.82, 2.24) is 4.90 Å². The molecule has 1 aromatic rings. The van der Waals surface area contributed by atoms with E-state index in [0.717, 1.165) is 12.1 Å². The van der Waals surface area contributed by atoms with Crippen molar-refractivity contribution in [2.24, 2.45) is 0 Å². The third-order valence-electron chi connectivity index (χ3n) is 2.48. The largest absolute Gasteiger partial charge is 0.414 e. The topological polar surface area (TPSA) is 32.8 Å². The molecule has 4 heteroatoms. The second-order valence-corrected chi connectivity index (χ2v) is 4.30. The molecule has 0 aliphatic carbocycles. The van der Waals surface area contributed by atoms with Crippen LogP contribution in [0.1, 0.15) is 12.5 Å². The normalized spacial score (nSPS) is 9.94. The zero-order chi connectivity index (χ0) is 13.0. The summed E-state index contributed by atoms with van der Waals surface area (Å²) in [5.74, 6) is 0.589. The van der Waals surface area contributed by atoms with E-state index in [0.29, 0.717) is 5.75 Å². The average Bonchev–Trinajstić information content (AvgIpc) is 2.28. The Balaban J connectivity index is 2.94. The molecule has 0 unspecified atom stereocenters. The van der Waals surface area contributed by atoms with Gasteiger partial charge in [-0.15, -0.1) is 0 Å². The molecule has 17 heavy (non-hydrogen) atoms. The molecular formula is C13H20N2O2. The van der Waals surface area contributed by atoms with Crippen LogP contribution in [0.4, 0.5) is 10.5 Å². The zero-order valence-electron chi connectivity index (χ0n) is 11.2. The van der Waals surface area contributed by atoms with Crippen molar-refractivity contribution < 1.29 is 9.53 Å². The van der Waals surface area contributed by atoms with Crippen molar-refractivity contribution in [2.45, 2.75) is 13.3 Å². The van der Waals surface area contributed by atoms with Crippen LogP contribution in [0.3, 0.4) is 0 Å². The maximum Gasteiger partial charge on any atom is 0.414 e. The quantitative estimate of drug-likeness (QED) is 0.807. The standard InChI is InChI=1S/C13H20N2O2/c1-6-10-9-11(17-13(16)15(4)5)7-8-12(10)14(2)3/h7-9H,6H2,1-5H3. The van der Waals surface area contributed by atoms with Gasteiger partial charge in [0.25, 0.3) is 0 Å². The molecule has 0 bridgehead atoms. The second-order valence-electron chi connectivity index (χ2n) is 4.30. The van der Waals surface area contributed by atoms with Gasteiger partial charge in [-0.05, 0) is 30.2 Å². The highest BCUT2D eigenvalue weighted by Gasteiger charge is 2.09. The predicted octanol–water partition coefficient (Wildman–Crippen LogP) is 2.38. The number of hydrogen-bond acceptors (Lipinski definition) is 3. The molecule has 0 spiro atoms. The van der Waals surface area contributed by atoms with Gasteiger partial charge in [0.05, 0.1) is 0 Å². The van der Waals surface area contributed by atoms with Crippen LogP contribution >= 0.6 is 0 Å². The molecule has 1 aromatic carbocycles. The zero-order valence-corrected chi connectivity index (χ0v) is 11.2. The Hall–Kier alpha value is -1.71. The van der Waals surface area contributed by atoms with Crippen molar-refractivity contribution in [3.8, 4) is 5.75 Å². The third-order valence-corrected chi connectivity index (χ3v) is 2.48. The highest BCUT2D eigenvalue weighted by atomic mass is 16.6. The molecule has 0 aliphatic rings. The Bertz CT molecular complexity index is 400. The number of ether oxygens (including phenoxy) is 1. The second kappa shape index (κ2) is 5.57. The monoisotopic (exact) mass is 236 g/mol. The smallest absolute Gasteiger partial charge is 0.410 e. The number of carbonyl (C=O) groups is 1. The van der Waals surface area contributed by atoms with Crippen LogP contribution < -0.4 is 9.64 Å². The maximum atomic E-state index is 11.4. The summed E-state index contributed by atoms with van der Waals surface area (Å²) in [5, 5.41) is 0. The van der Waals surface area contributed by atoms with Gasteiger partial charge in [0.2, 0.25) is 0 Å². The van der Waals surface area contributed by atoms with E-state index in [1.165, 1.54) is 10.5 Å². The minimum atomic E-state index is -0.357. The van der Waals surface area contributed by atoms with Crippen molar-refractivity contribution in [1.29, 1.82) is 0 Å². The van der Waals surface area contributed by atoms with Crippen molar-refractivity contribution in [3.05, 3.63) is 23.8 Å². The first-order chi connectivity index (χ1) is 7.95. The summed E-state index contributed by atoms with van der Waals surface area (Å²) in [5.41, 5.74) is 2.32. The van der Waals surface area contributed by atoms with Gasteiger partial charge in [-0.3, -0.25) is 0 Å². The number of amides is 1. The van der Waals surface area contributed by atoms with Gasteiger partial charge in [-0.2, -0.15) is 0 Å². The van der Waals surface area contributed by atoms with Crippen LogP contribution in [0.25, 0.3) is 0 Å². The molecule has 4 nitrogen and oxygen atoms in total. The lowest BCUT2D eigenvalue weighted by Gasteiger charge is -2.18. The Morgan fingerprint density at radius 3 is 2.35 bits per heavy atom. The van der Waals surface area contributed by atoms with Crippen LogP contribution in [-0.2, 0) is 6.42 Å². The first-order valence-electron chi connectivity index (χ1n) is 5.65. The van der Waals surface area contributed by atoms with E-state index in [2.05, 4.69) is 11.8 Å². The maximum absolute atomic E-state index is 11.4. The summed E-state index contributed by atoms with van der Waals surface area (Å²) in [6.45, 7) is 2.08. The molecule has 0 saturated carbocycles. The van der Waals surface area contributed by atoms with E-state index in [-0.39, 0.29) is 6.09 Å². The molecule has 1 amide bonds. The summed E-state index contributed by atoms with van der Waals surface area (Å²) in [7, 11) is 7.33. The fourth-order valence-electron chi connectivity index (χ4n) is 1.54. The number of rotatable bonds is 3. The Morgan fingerprint density at radius 2 is 1.88 bits per heavy atom. The highest BCUT2D eigenvalue weighted by molar-refractivity contribution is 5.70. The molecule has 1 rings (SSSR count). The molecule has 94 valence electrons. The summed E-state index contributed by atoms with van der Waals surface area (Å²) in [4.78, 5) is 14.9. The minimum Gasteiger partial charge on any atom is -0.410 e. The van der Waals surface area contributed by atoms with E-state index in [9.17, 15) is 4.79 Å². The molecule has 0 aromatic heterocycles. The van der Waals surface area contributed by atoms with E-state index < -0.39 is 0 Å². The summed E-state index contributed by atoms with van der Waals surface area (Å²) >= 11 is 0. The van der Waals surface area contributed by atoms with Crippen LogP contribution in [0.2, 0.25) is 0 Å². The molecular weight excluding hydrogens is 216 g/mol. The van der Waals surface area contributed by atoms with Gasteiger partial charge < -0.3 is 14.5 Å². The van der Waals surface area contributed by atoms with Crippen LogP contribution in [-0.4, -0.2) is 39.2 Å². The average molecular weight is 236 g/mol. The van der Waals surface area contributed by atoms with Gasteiger partial charge in [0.15, 0.2) is 0 Å². The fourth-order valence-corrected chi connectivity index (χ4v) is 1.54. The molecule has 0 saturated heterocycles. The number of carbonyl (C=O) groups excluding carboxylic acids is 1. The van der Waals surface area contributed by atoms with Crippen LogP contribution in [0.5, 0.6) is 5.75 Å². The molecule has 0 heterocycles. The Labute approximate surface area is 103 Å². The highest BCUT2D eigenvalue weighted by Crippen LogP contribution is 2.24. The molecule has 0 aliphatic heterocycles. The number of hydrogen-bond donors (Lipinski definition) is 0. The van der Waals surface area contributed by atoms with Gasteiger partial charge in [-0.25, -0.2) is 4.79 Å². The van der Waals surface area contributed by atoms with Crippen LogP contribution in [0.15, 0.2) is 18.2 Å². The van der Waals surface area contributed by atoms with E-state index in [1.807, 2.05) is 32.3 Å². The molecule has 0 fully saturated rings. The summed E-state index contributed by atoms with van der Waals surface area (Å²) < 4.78 is 5.22. The van der Waals surface area contributed by atoms with Gasteiger partial charge in [0, 0.05) is 33.9 Å². The lowest BCUT2D eigenvalue weighted by Crippen LogP contribution is -2.25. The SMILES string of the molecule is CCc1cc(OC(=O)N(C)C)ccc1N(C)C. The van der Waals surface area contributed by atoms with Crippen molar-refractivity contribution in [2.75, 3.05) is 33.1 Å². The summed E-state index contributed by atoms with van der Waals surface area (Å²) in [6.07, 6.45) is 0.547. The lowest BCUT2D eigenvalue weighted by atomic mass is 10.1.